The van der Waals surface area contributed by atoms with Gasteiger partial charge in [-0.1, -0.05) is 12.1 Å². The van der Waals surface area contributed by atoms with Crippen molar-refractivity contribution in [3.8, 4) is 11.5 Å². The van der Waals surface area contributed by atoms with Gasteiger partial charge in [0.1, 0.15) is 11.5 Å². The summed E-state index contributed by atoms with van der Waals surface area (Å²) in [5.74, 6) is 1.50. The third-order valence-corrected chi connectivity index (χ3v) is 2.92. The number of halogens is 1. The Morgan fingerprint density at radius 3 is 2.82 bits per heavy atom. The lowest BCUT2D eigenvalue weighted by molar-refractivity contribution is 0.476. The molecule has 1 aromatic heterocycles. The first-order valence-corrected chi connectivity index (χ1v) is 6.15. The summed E-state index contributed by atoms with van der Waals surface area (Å²) < 4.78 is 6.67. The normalized spacial score (nSPS) is 10.2. The van der Waals surface area contributed by atoms with Gasteiger partial charge in [0, 0.05) is 6.20 Å². The molecule has 17 heavy (non-hydrogen) atoms. The van der Waals surface area contributed by atoms with E-state index in [1.165, 1.54) is 0 Å². The third kappa shape index (κ3) is 3.28. The molecule has 0 aliphatic carbocycles. The lowest BCUT2D eigenvalue weighted by Gasteiger charge is -2.08. The molecule has 2 N–H and O–H groups in total. The van der Waals surface area contributed by atoms with Crippen LogP contribution in [0.15, 0.2) is 47.2 Å². The number of ether oxygens (including phenoxy) is 1. The van der Waals surface area contributed by atoms with Crippen molar-refractivity contribution in [2.24, 2.45) is 5.73 Å². The summed E-state index contributed by atoms with van der Waals surface area (Å²) in [7, 11) is 0. The van der Waals surface area contributed by atoms with Crippen LogP contribution < -0.4 is 10.5 Å². The van der Waals surface area contributed by atoms with Crippen molar-refractivity contribution in [1.29, 1.82) is 0 Å². The zero-order chi connectivity index (χ0) is 12.1. The SMILES string of the molecule is NCCc1cncc(Oc2ccccc2Br)c1. The molecule has 0 amide bonds. The summed E-state index contributed by atoms with van der Waals surface area (Å²) in [6, 6.07) is 9.67. The van der Waals surface area contributed by atoms with E-state index in [1.54, 1.807) is 12.4 Å². The van der Waals surface area contributed by atoms with Gasteiger partial charge in [-0.15, -0.1) is 0 Å². The summed E-state index contributed by atoms with van der Waals surface area (Å²) in [5.41, 5.74) is 6.59. The lowest BCUT2D eigenvalue weighted by Crippen LogP contribution is -2.03. The molecule has 0 bridgehead atoms. The van der Waals surface area contributed by atoms with Gasteiger partial charge < -0.3 is 10.5 Å². The van der Waals surface area contributed by atoms with Crippen LogP contribution in [-0.2, 0) is 6.42 Å². The van der Waals surface area contributed by atoms with E-state index in [-0.39, 0.29) is 0 Å². The summed E-state index contributed by atoms with van der Waals surface area (Å²) >= 11 is 3.44. The highest BCUT2D eigenvalue weighted by Crippen LogP contribution is 2.28. The van der Waals surface area contributed by atoms with Crippen LogP contribution in [0.2, 0.25) is 0 Å². The monoisotopic (exact) mass is 292 g/mol. The van der Waals surface area contributed by atoms with E-state index in [2.05, 4.69) is 20.9 Å². The molecule has 0 aliphatic heterocycles. The maximum absolute atomic E-state index is 5.75. The van der Waals surface area contributed by atoms with E-state index < -0.39 is 0 Å². The predicted octanol–water partition coefficient (Wildman–Crippen LogP) is 3.14. The van der Waals surface area contributed by atoms with Crippen LogP contribution in [0, 0.1) is 0 Å². The molecular weight excluding hydrogens is 280 g/mol. The fraction of sp³-hybridized carbons (Fsp3) is 0.154. The first kappa shape index (κ1) is 12.1. The van der Waals surface area contributed by atoms with Crippen LogP contribution in [0.3, 0.4) is 0 Å². The maximum atomic E-state index is 5.75. The Balaban J connectivity index is 2.18. The van der Waals surface area contributed by atoms with Crippen LogP contribution in [0.5, 0.6) is 11.5 Å². The first-order chi connectivity index (χ1) is 8.29. The number of rotatable bonds is 4. The van der Waals surface area contributed by atoms with Crippen LogP contribution in [0.1, 0.15) is 5.56 Å². The minimum atomic E-state index is 0.611. The second kappa shape index (κ2) is 5.80. The molecule has 0 saturated heterocycles. The zero-order valence-corrected chi connectivity index (χ0v) is 10.9. The van der Waals surface area contributed by atoms with Crippen molar-refractivity contribution in [3.05, 3.63) is 52.8 Å². The van der Waals surface area contributed by atoms with Crippen LogP contribution in [-0.4, -0.2) is 11.5 Å². The van der Waals surface area contributed by atoms with Gasteiger partial charge in [-0.05, 0) is 52.7 Å². The Labute approximate surface area is 109 Å². The molecule has 0 radical (unpaired) electrons. The maximum Gasteiger partial charge on any atom is 0.146 e. The van der Waals surface area contributed by atoms with E-state index >= 15 is 0 Å². The second-order valence-electron chi connectivity index (χ2n) is 3.60. The predicted molar refractivity (Wildman–Crippen MR) is 71.2 cm³/mol. The summed E-state index contributed by atoms with van der Waals surface area (Å²) in [5, 5.41) is 0. The Kier molecular flexibility index (Phi) is 4.12. The fourth-order valence-corrected chi connectivity index (χ4v) is 1.84. The third-order valence-electron chi connectivity index (χ3n) is 2.27. The van der Waals surface area contributed by atoms with Gasteiger partial charge in [-0.3, -0.25) is 4.98 Å². The average Bonchev–Trinajstić information content (AvgIpc) is 2.33. The number of benzene rings is 1. The van der Waals surface area contributed by atoms with E-state index in [0.29, 0.717) is 6.54 Å². The molecule has 2 rings (SSSR count). The molecule has 4 heteroatoms. The fourth-order valence-electron chi connectivity index (χ4n) is 1.48. The molecular formula is C13H13BrN2O. The lowest BCUT2D eigenvalue weighted by atomic mass is 10.2. The topological polar surface area (TPSA) is 48.1 Å². The van der Waals surface area contributed by atoms with Crippen molar-refractivity contribution < 1.29 is 4.74 Å². The van der Waals surface area contributed by atoms with E-state index in [4.69, 9.17) is 10.5 Å². The van der Waals surface area contributed by atoms with E-state index in [1.807, 2.05) is 30.3 Å². The molecule has 88 valence electrons. The molecule has 1 aromatic carbocycles. The number of para-hydroxylation sites is 1. The van der Waals surface area contributed by atoms with E-state index in [9.17, 15) is 0 Å². The number of nitrogens with two attached hydrogens (primary N) is 1. The Morgan fingerprint density at radius 2 is 2.06 bits per heavy atom. The van der Waals surface area contributed by atoms with Crippen molar-refractivity contribution in [2.75, 3.05) is 6.54 Å². The molecule has 3 nitrogen and oxygen atoms in total. The van der Waals surface area contributed by atoms with Gasteiger partial charge in [0.25, 0.3) is 0 Å². The van der Waals surface area contributed by atoms with Crippen LogP contribution in [0.4, 0.5) is 0 Å². The highest BCUT2D eigenvalue weighted by atomic mass is 79.9. The smallest absolute Gasteiger partial charge is 0.146 e. The summed E-state index contributed by atoms with van der Waals surface area (Å²) in [6.45, 7) is 0.611. The van der Waals surface area contributed by atoms with Gasteiger partial charge in [-0.2, -0.15) is 0 Å². The number of aromatic nitrogens is 1. The molecule has 0 aliphatic rings. The van der Waals surface area contributed by atoms with Crippen molar-refractivity contribution in [2.45, 2.75) is 6.42 Å². The largest absolute Gasteiger partial charge is 0.455 e. The van der Waals surface area contributed by atoms with E-state index in [0.717, 1.165) is 28.0 Å². The standard InChI is InChI=1S/C13H13BrN2O/c14-12-3-1-2-4-13(12)17-11-7-10(5-6-15)8-16-9-11/h1-4,7-9H,5-6,15H2. The summed E-state index contributed by atoms with van der Waals surface area (Å²) in [6.07, 6.45) is 4.30. The highest BCUT2D eigenvalue weighted by Gasteiger charge is 2.02. The van der Waals surface area contributed by atoms with Gasteiger partial charge >= 0.3 is 0 Å². The number of nitrogens with zero attached hydrogens (tertiary/aromatic N) is 1. The number of hydrogen-bond acceptors (Lipinski definition) is 3. The Morgan fingerprint density at radius 1 is 1.24 bits per heavy atom. The van der Waals surface area contributed by atoms with Gasteiger partial charge in [0.15, 0.2) is 0 Å². The number of hydrogen-bond donors (Lipinski definition) is 1. The molecule has 0 atom stereocenters. The zero-order valence-electron chi connectivity index (χ0n) is 9.27. The van der Waals surface area contributed by atoms with Gasteiger partial charge in [0.05, 0.1) is 10.7 Å². The first-order valence-electron chi connectivity index (χ1n) is 5.36. The second-order valence-corrected chi connectivity index (χ2v) is 4.45. The minimum absolute atomic E-state index is 0.611. The Hall–Kier alpha value is -1.39. The van der Waals surface area contributed by atoms with Crippen LogP contribution >= 0.6 is 15.9 Å². The molecule has 0 spiro atoms. The molecule has 2 aromatic rings. The summed E-state index contributed by atoms with van der Waals surface area (Å²) in [4.78, 5) is 4.13. The Bertz CT molecular complexity index is 502. The van der Waals surface area contributed by atoms with Gasteiger partial charge in [0.2, 0.25) is 0 Å². The van der Waals surface area contributed by atoms with Crippen LogP contribution in [0.25, 0.3) is 0 Å². The molecule has 0 saturated carbocycles. The highest BCUT2D eigenvalue weighted by molar-refractivity contribution is 9.10. The van der Waals surface area contributed by atoms with Crippen molar-refractivity contribution in [1.82, 2.24) is 4.98 Å². The molecule has 1 heterocycles. The average molecular weight is 293 g/mol. The van der Waals surface area contributed by atoms with Gasteiger partial charge in [-0.25, -0.2) is 0 Å². The molecule has 0 unspecified atom stereocenters. The quantitative estimate of drug-likeness (QED) is 0.942. The molecule has 0 fully saturated rings. The minimum Gasteiger partial charge on any atom is -0.455 e. The van der Waals surface area contributed by atoms with Crippen molar-refractivity contribution in [3.63, 3.8) is 0 Å². The van der Waals surface area contributed by atoms with Crippen molar-refractivity contribution >= 4 is 15.9 Å². The number of pyridine rings is 1.